The normalized spacial score (nSPS) is 12.0. The van der Waals surface area contributed by atoms with Crippen LogP contribution in [0.25, 0.3) is 88.3 Å². The number of benzene rings is 7. The fourth-order valence-electron chi connectivity index (χ4n) is 7.07. The van der Waals surface area contributed by atoms with E-state index in [9.17, 15) is 0 Å². The molecule has 0 bridgehead atoms. The number of para-hydroxylation sites is 4. The van der Waals surface area contributed by atoms with E-state index in [-0.39, 0.29) is 0 Å². The Hall–Kier alpha value is -6.13. The Labute approximate surface area is 258 Å². The van der Waals surface area contributed by atoms with Crippen molar-refractivity contribution >= 4 is 65.6 Å². The molecule has 10 aromatic rings. The number of hydrogen-bond donors (Lipinski definition) is 0. The molecule has 4 heteroatoms. The number of nitrogens with zero attached hydrogens (tertiary/aromatic N) is 3. The summed E-state index contributed by atoms with van der Waals surface area (Å²) in [7, 11) is 0. The molecule has 3 heterocycles. The van der Waals surface area contributed by atoms with E-state index in [4.69, 9.17) is 9.40 Å². The van der Waals surface area contributed by atoms with Gasteiger partial charge < -0.3 is 8.98 Å². The number of imidazole rings is 1. The number of furan rings is 1. The van der Waals surface area contributed by atoms with Crippen LogP contribution in [0.5, 0.6) is 0 Å². The van der Waals surface area contributed by atoms with Gasteiger partial charge in [0.15, 0.2) is 0 Å². The number of hydrogen-bond acceptors (Lipinski definition) is 2. The van der Waals surface area contributed by atoms with Crippen LogP contribution in [-0.4, -0.2) is 14.1 Å². The lowest BCUT2D eigenvalue weighted by atomic mass is 10.1. The molecule has 210 valence electrons. The molecule has 45 heavy (non-hydrogen) atoms. The van der Waals surface area contributed by atoms with E-state index in [2.05, 4.69) is 143 Å². The molecule has 0 saturated carbocycles. The lowest BCUT2D eigenvalue weighted by molar-refractivity contribution is 0.673. The molecule has 4 nitrogen and oxygen atoms in total. The molecule has 0 radical (unpaired) electrons. The third-order valence-electron chi connectivity index (χ3n) is 9.11. The summed E-state index contributed by atoms with van der Waals surface area (Å²) in [5.74, 6) is 0.929. The quantitative estimate of drug-likeness (QED) is 0.210. The summed E-state index contributed by atoms with van der Waals surface area (Å²) in [5.41, 5.74) is 9.43. The fraction of sp³-hybridized carbons (Fsp3) is 0. The first-order valence-corrected chi connectivity index (χ1v) is 15.2. The smallest absolute Gasteiger partial charge is 0.145 e. The van der Waals surface area contributed by atoms with Gasteiger partial charge in [-0.3, -0.25) is 4.57 Å². The van der Waals surface area contributed by atoms with Gasteiger partial charge in [-0.15, -0.1) is 0 Å². The lowest BCUT2D eigenvalue weighted by Gasteiger charge is -2.13. The monoisotopic (exact) mass is 575 g/mol. The Morgan fingerprint density at radius 1 is 0.467 bits per heavy atom. The van der Waals surface area contributed by atoms with Crippen molar-refractivity contribution in [3.05, 3.63) is 152 Å². The lowest BCUT2D eigenvalue weighted by Crippen LogP contribution is -1.99. The maximum Gasteiger partial charge on any atom is 0.145 e. The summed E-state index contributed by atoms with van der Waals surface area (Å²) in [5, 5.41) is 7.03. The highest BCUT2D eigenvalue weighted by atomic mass is 16.3. The van der Waals surface area contributed by atoms with E-state index in [1.165, 1.54) is 16.2 Å². The first kappa shape index (κ1) is 24.3. The second kappa shape index (κ2) is 9.18. The summed E-state index contributed by atoms with van der Waals surface area (Å²) in [4.78, 5) is 5.11. The number of fused-ring (bicyclic) bond motifs is 9. The molecular weight excluding hydrogens is 550 g/mol. The van der Waals surface area contributed by atoms with Crippen LogP contribution in [0, 0.1) is 0 Å². The largest absolute Gasteiger partial charge is 0.455 e. The van der Waals surface area contributed by atoms with E-state index in [1.54, 1.807) is 0 Å². The zero-order valence-electron chi connectivity index (χ0n) is 24.2. The van der Waals surface area contributed by atoms with Crippen molar-refractivity contribution in [1.29, 1.82) is 0 Å². The van der Waals surface area contributed by atoms with Crippen molar-refractivity contribution in [2.24, 2.45) is 0 Å². The Balaban J connectivity index is 1.17. The van der Waals surface area contributed by atoms with Crippen LogP contribution < -0.4 is 0 Å². The summed E-state index contributed by atoms with van der Waals surface area (Å²) in [6.07, 6.45) is 0. The first-order chi connectivity index (χ1) is 22.3. The van der Waals surface area contributed by atoms with Gasteiger partial charge in [0, 0.05) is 33.1 Å². The highest BCUT2D eigenvalue weighted by Gasteiger charge is 2.19. The van der Waals surface area contributed by atoms with E-state index in [0.29, 0.717) is 0 Å². The molecule has 0 spiro atoms. The van der Waals surface area contributed by atoms with E-state index < -0.39 is 0 Å². The Morgan fingerprint density at radius 2 is 1.16 bits per heavy atom. The molecule has 10 rings (SSSR count). The molecule has 0 fully saturated rings. The van der Waals surface area contributed by atoms with E-state index in [1.807, 2.05) is 18.2 Å². The maximum absolute atomic E-state index is 6.49. The molecule has 0 N–H and O–H groups in total. The minimum Gasteiger partial charge on any atom is -0.455 e. The van der Waals surface area contributed by atoms with Crippen LogP contribution in [-0.2, 0) is 0 Å². The molecule has 0 atom stereocenters. The molecule has 3 aromatic heterocycles. The van der Waals surface area contributed by atoms with Crippen molar-refractivity contribution in [1.82, 2.24) is 14.1 Å². The molecule has 0 aliphatic heterocycles. The Kier molecular flexibility index (Phi) is 4.96. The van der Waals surface area contributed by atoms with Gasteiger partial charge in [-0.25, -0.2) is 4.98 Å². The first-order valence-electron chi connectivity index (χ1n) is 15.2. The molecule has 7 aromatic carbocycles. The van der Waals surface area contributed by atoms with Gasteiger partial charge in [-0.2, -0.15) is 0 Å². The van der Waals surface area contributed by atoms with Gasteiger partial charge in [0.25, 0.3) is 0 Å². The summed E-state index contributed by atoms with van der Waals surface area (Å²) in [6.45, 7) is 0. The highest BCUT2D eigenvalue weighted by molar-refractivity contribution is 6.23. The van der Waals surface area contributed by atoms with Gasteiger partial charge in [0.05, 0.1) is 27.5 Å². The minimum atomic E-state index is 0.913. The predicted octanol–water partition coefficient (Wildman–Crippen LogP) is 10.8. The molecular formula is C41H25N3O. The van der Waals surface area contributed by atoms with Crippen LogP contribution >= 0.6 is 0 Å². The average molecular weight is 576 g/mol. The maximum atomic E-state index is 6.49. The van der Waals surface area contributed by atoms with Gasteiger partial charge >= 0.3 is 0 Å². The average Bonchev–Trinajstić information content (AvgIpc) is 3.78. The van der Waals surface area contributed by atoms with Gasteiger partial charge in [-0.05, 0) is 77.5 Å². The number of aromatic nitrogens is 3. The minimum absolute atomic E-state index is 0.913. The molecule has 0 saturated heterocycles. The molecule has 0 aliphatic carbocycles. The van der Waals surface area contributed by atoms with E-state index >= 15 is 0 Å². The molecule has 0 aliphatic rings. The summed E-state index contributed by atoms with van der Waals surface area (Å²) >= 11 is 0. The van der Waals surface area contributed by atoms with Crippen LogP contribution in [0.4, 0.5) is 0 Å². The second-order valence-electron chi connectivity index (χ2n) is 11.6. The topological polar surface area (TPSA) is 35.9 Å². The van der Waals surface area contributed by atoms with Crippen molar-refractivity contribution < 1.29 is 4.42 Å². The van der Waals surface area contributed by atoms with Crippen LogP contribution in [0.3, 0.4) is 0 Å². The van der Waals surface area contributed by atoms with E-state index in [0.717, 1.165) is 72.2 Å². The fourth-order valence-corrected chi connectivity index (χ4v) is 7.07. The third-order valence-corrected chi connectivity index (χ3v) is 9.11. The van der Waals surface area contributed by atoms with Gasteiger partial charge in [0.2, 0.25) is 0 Å². The molecule has 0 amide bonds. The summed E-state index contributed by atoms with van der Waals surface area (Å²) < 4.78 is 11.1. The van der Waals surface area contributed by atoms with Crippen LogP contribution in [0.2, 0.25) is 0 Å². The number of rotatable bonds is 3. The zero-order chi connectivity index (χ0) is 29.5. The standard InChI is InChI=1S/C41H25N3O/c1-2-10-27-25-28(18-17-26(27)9-1)41-42-34-13-5-7-15-36(34)44(41)30-21-19-29(20-22-30)43-35-14-6-3-12-33(35)39-37(43)24-23-32-31-11-4-8-16-38(31)45-40(32)39/h1-25H. The van der Waals surface area contributed by atoms with Crippen molar-refractivity contribution in [2.75, 3.05) is 0 Å². The second-order valence-corrected chi connectivity index (χ2v) is 11.6. The van der Waals surface area contributed by atoms with Crippen LogP contribution in [0.1, 0.15) is 0 Å². The van der Waals surface area contributed by atoms with Crippen LogP contribution in [0.15, 0.2) is 156 Å². The van der Waals surface area contributed by atoms with Crippen molar-refractivity contribution in [2.45, 2.75) is 0 Å². The highest BCUT2D eigenvalue weighted by Crippen LogP contribution is 2.40. The Morgan fingerprint density at radius 3 is 2.02 bits per heavy atom. The summed E-state index contributed by atoms with van der Waals surface area (Å²) in [6, 6.07) is 53.6. The zero-order valence-corrected chi connectivity index (χ0v) is 24.2. The third kappa shape index (κ3) is 3.51. The van der Waals surface area contributed by atoms with Crippen molar-refractivity contribution in [3.63, 3.8) is 0 Å². The van der Waals surface area contributed by atoms with Crippen molar-refractivity contribution in [3.8, 4) is 22.8 Å². The van der Waals surface area contributed by atoms with Gasteiger partial charge in [0.1, 0.15) is 17.0 Å². The Bertz CT molecular complexity index is 2760. The molecule has 0 unspecified atom stereocenters. The van der Waals surface area contributed by atoms with Gasteiger partial charge in [-0.1, -0.05) is 84.9 Å². The SMILES string of the molecule is c1ccc2cc(-c3nc4ccccc4n3-c3ccc(-n4c5ccccc5c5c6oc7ccccc7c6ccc54)cc3)ccc2c1. The predicted molar refractivity (Wildman–Crippen MR) is 186 cm³/mol.